The summed E-state index contributed by atoms with van der Waals surface area (Å²) in [5.41, 5.74) is 0.787. The van der Waals surface area contributed by atoms with Gasteiger partial charge in [0.05, 0.1) is 41.1 Å². The number of ether oxygens (including phenoxy) is 1. The van der Waals surface area contributed by atoms with Gasteiger partial charge in [0.25, 0.3) is 5.91 Å². The third kappa shape index (κ3) is 4.27. The Morgan fingerprint density at radius 2 is 2.09 bits per heavy atom. The van der Waals surface area contributed by atoms with Crippen molar-refractivity contribution in [3.8, 4) is 16.6 Å². The van der Waals surface area contributed by atoms with Gasteiger partial charge in [-0.15, -0.1) is 11.3 Å². The molecule has 0 spiro atoms. The van der Waals surface area contributed by atoms with E-state index in [4.69, 9.17) is 4.74 Å². The molecule has 2 aliphatic rings. The molecule has 0 saturated carbocycles. The third-order valence-electron chi connectivity index (χ3n) is 6.34. The molecule has 12 heteroatoms. The van der Waals surface area contributed by atoms with Gasteiger partial charge in [-0.25, -0.2) is 14.4 Å². The van der Waals surface area contributed by atoms with Crippen LogP contribution in [0.5, 0.6) is 0 Å². The van der Waals surface area contributed by atoms with Crippen molar-refractivity contribution in [3.05, 3.63) is 40.4 Å². The molecule has 0 atom stereocenters. The topological polar surface area (TPSA) is 112 Å². The van der Waals surface area contributed by atoms with Crippen LogP contribution in [-0.2, 0) is 17.3 Å². The Bertz CT molecular complexity index is 1320. The third-order valence-corrected chi connectivity index (χ3v) is 7.79. The fourth-order valence-corrected chi connectivity index (χ4v) is 5.73. The van der Waals surface area contributed by atoms with E-state index in [0.29, 0.717) is 35.9 Å². The number of amides is 1. The molecule has 35 heavy (non-hydrogen) atoms. The number of rotatable bonds is 6. The van der Waals surface area contributed by atoms with Crippen molar-refractivity contribution in [3.63, 3.8) is 0 Å². The van der Waals surface area contributed by atoms with Gasteiger partial charge in [-0.1, -0.05) is 0 Å². The first-order valence-electron chi connectivity index (χ1n) is 11.3. The van der Waals surface area contributed by atoms with Crippen molar-refractivity contribution in [1.29, 1.82) is 5.26 Å². The fraction of sp³-hybridized carbons (Fsp3) is 0.435. The predicted molar refractivity (Wildman–Crippen MR) is 128 cm³/mol. The smallest absolute Gasteiger partial charge is 0.255 e. The van der Waals surface area contributed by atoms with Crippen LogP contribution in [0.1, 0.15) is 34.8 Å². The maximum Gasteiger partial charge on any atom is 0.255 e. The summed E-state index contributed by atoms with van der Waals surface area (Å²) in [5.74, 6) is -0.503. The lowest BCUT2D eigenvalue weighted by Crippen LogP contribution is -2.46. The van der Waals surface area contributed by atoms with E-state index in [0.717, 1.165) is 30.7 Å². The molecule has 2 aliphatic heterocycles. The van der Waals surface area contributed by atoms with Gasteiger partial charge in [0.2, 0.25) is 5.95 Å². The average molecular weight is 497 g/mol. The lowest BCUT2D eigenvalue weighted by molar-refractivity contribution is 0.0263. The first kappa shape index (κ1) is 23.3. The highest BCUT2D eigenvalue weighted by molar-refractivity contribution is 7.16. The van der Waals surface area contributed by atoms with Crippen LogP contribution >= 0.6 is 11.3 Å². The van der Waals surface area contributed by atoms with Crippen molar-refractivity contribution in [2.24, 2.45) is 7.05 Å². The minimum Gasteiger partial charge on any atom is -0.379 e. The largest absolute Gasteiger partial charge is 0.379 e. The van der Waals surface area contributed by atoms with Gasteiger partial charge >= 0.3 is 0 Å². The summed E-state index contributed by atoms with van der Waals surface area (Å²) in [7, 11) is 1.69. The number of aromatic nitrogens is 4. The van der Waals surface area contributed by atoms with Gasteiger partial charge in [-0.3, -0.25) is 14.4 Å². The molecule has 3 aromatic rings. The number of nitrogens with zero attached hydrogens (tertiary/aromatic N) is 7. The monoisotopic (exact) mass is 496 g/mol. The molecule has 10 nitrogen and oxygen atoms in total. The Balaban J connectivity index is 1.39. The van der Waals surface area contributed by atoms with Crippen molar-refractivity contribution in [2.75, 3.05) is 44.7 Å². The van der Waals surface area contributed by atoms with Crippen molar-refractivity contribution in [1.82, 2.24) is 29.5 Å². The number of thiophene rings is 1. The number of anilines is 2. The highest BCUT2D eigenvalue weighted by Crippen LogP contribution is 2.46. The molecule has 0 bridgehead atoms. The second-order valence-electron chi connectivity index (χ2n) is 9.02. The van der Waals surface area contributed by atoms with Crippen LogP contribution in [0, 0.1) is 17.1 Å². The van der Waals surface area contributed by atoms with Crippen LogP contribution in [-0.4, -0.2) is 74.8 Å². The molecule has 5 rings (SSSR count). The molecule has 0 unspecified atom stereocenters. The Morgan fingerprint density at radius 1 is 1.31 bits per heavy atom. The average Bonchev–Trinajstić information content (AvgIpc) is 3.48. The van der Waals surface area contributed by atoms with Crippen LogP contribution < -0.4 is 5.32 Å². The summed E-state index contributed by atoms with van der Waals surface area (Å²) in [6.45, 7) is 8.61. The summed E-state index contributed by atoms with van der Waals surface area (Å²) in [6, 6.07) is 3.72. The second kappa shape index (κ2) is 8.99. The van der Waals surface area contributed by atoms with E-state index in [1.165, 1.54) is 16.0 Å². The predicted octanol–water partition coefficient (Wildman–Crippen LogP) is 2.72. The zero-order chi connectivity index (χ0) is 24.7. The maximum absolute atomic E-state index is 14.8. The van der Waals surface area contributed by atoms with Gasteiger partial charge < -0.3 is 15.0 Å². The highest BCUT2D eigenvalue weighted by atomic mass is 32.1. The quantitative estimate of drug-likeness (QED) is 0.554. The number of morpholine rings is 1. The number of halogens is 1. The SMILES string of the molecule is Cn1cc(Nc2ncc(F)c(-c3cc4c(s3)C(C)(C)N(CCN3CCOCC3)C4=O)n2)c(C#N)n1. The second-order valence-corrected chi connectivity index (χ2v) is 10.1. The highest BCUT2D eigenvalue weighted by Gasteiger charge is 2.45. The Hall–Kier alpha value is -3.40. The van der Waals surface area contributed by atoms with Crippen LogP contribution in [0.25, 0.3) is 10.6 Å². The lowest BCUT2D eigenvalue weighted by atomic mass is 10.0. The Kier molecular flexibility index (Phi) is 6.00. The van der Waals surface area contributed by atoms with Crippen LogP contribution in [0.3, 0.4) is 0 Å². The summed E-state index contributed by atoms with van der Waals surface area (Å²) in [5, 5.41) is 16.2. The molecule has 0 aliphatic carbocycles. The molecule has 3 aromatic heterocycles. The minimum absolute atomic E-state index is 0.0532. The number of carbonyl (C=O) groups is 1. The maximum atomic E-state index is 14.8. The summed E-state index contributed by atoms with van der Waals surface area (Å²) in [6.07, 6.45) is 2.71. The molecule has 1 amide bonds. The molecule has 182 valence electrons. The standard InChI is InChI=1S/C23H25FN8O2S/c1-23(2)20-14(21(33)32(23)5-4-31-6-8-34-9-7-31)10-18(35-20)19-15(24)12-26-22(28-19)27-17-13-30(3)29-16(17)11-25/h10,12-13H,4-9H2,1-3H3,(H,26,27,28). The van der Waals surface area contributed by atoms with E-state index in [2.05, 4.69) is 25.3 Å². The Labute approximate surface area is 206 Å². The van der Waals surface area contributed by atoms with Gasteiger partial charge in [-0.05, 0) is 19.9 Å². The van der Waals surface area contributed by atoms with Gasteiger partial charge in [-0.2, -0.15) is 10.4 Å². The van der Waals surface area contributed by atoms with E-state index in [9.17, 15) is 14.4 Å². The van der Waals surface area contributed by atoms with Gasteiger partial charge in [0.1, 0.15) is 11.8 Å². The van der Waals surface area contributed by atoms with Crippen LogP contribution in [0.15, 0.2) is 18.5 Å². The van der Waals surface area contributed by atoms with E-state index in [-0.39, 0.29) is 23.2 Å². The summed E-state index contributed by atoms with van der Waals surface area (Å²) >= 11 is 1.37. The Morgan fingerprint density at radius 3 is 2.80 bits per heavy atom. The number of carbonyl (C=O) groups excluding carboxylic acids is 1. The lowest BCUT2D eigenvalue weighted by Gasteiger charge is -2.35. The van der Waals surface area contributed by atoms with Crippen LogP contribution in [0.2, 0.25) is 0 Å². The van der Waals surface area contributed by atoms with E-state index in [1.54, 1.807) is 19.3 Å². The molecule has 1 fully saturated rings. The number of fused-ring (bicyclic) bond motifs is 1. The van der Waals surface area contributed by atoms with Crippen molar-refractivity contribution < 1.29 is 13.9 Å². The molecule has 1 N–H and O–H groups in total. The first-order valence-corrected chi connectivity index (χ1v) is 12.1. The molecule has 1 saturated heterocycles. The van der Waals surface area contributed by atoms with Crippen molar-refractivity contribution >= 4 is 28.9 Å². The number of nitriles is 1. The van der Waals surface area contributed by atoms with Gasteiger partial charge in [0.15, 0.2) is 11.5 Å². The zero-order valence-electron chi connectivity index (χ0n) is 19.7. The number of hydrogen-bond donors (Lipinski definition) is 1. The normalized spacial score (nSPS) is 17.5. The number of hydrogen-bond acceptors (Lipinski definition) is 9. The zero-order valence-corrected chi connectivity index (χ0v) is 20.5. The number of aryl methyl sites for hydroxylation is 1. The fourth-order valence-electron chi connectivity index (χ4n) is 4.47. The van der Waals surface area contributed by atoms with E-state index < -0.39 is 11.4 Å². The van der Waals surface area contributed by atoms with Crippen LogP contribution in [0.4, 0.5) is 16.0 Å². The van der Waals surface area contributed by atoms with E-state index >= 15 is 0 Å². The summed E-state index contributed by atoms with van der Waals surface area (Å²) < 4.78 is 21.7. The van der Waals surface area contributed by atoms with Gasteiger partial charge in [0, 0.05) is 44.3 Å². The molecular weight excluding hydrogens is 471 g/mol. The first-order chi connectivity index (χ1) is 16.8. The number of nitrogens with one attached hydrogen (secondary N) is 1. The minimum atomic E-state index is -0.586. The van der Waals surface area contributed by atoms with Crippen molar-refractivity contribution in [2.45, 2.75) is 19.4 Å². The van der Waals surface area contributed by atoms with E-state index in [1.807, 2.05) is 24.8 Å². The summed E-state index contributed by atoms with van der Waals surface area (Å²) in [4.78, 5) is 27.3. The molecule has 0 aromatic carbocycles. The molecule has 5 heterocycles. The molecular formula is C23H25FN8O2S. The molecule has 0 radical (unpaired) electrons.